The number of hydrogen-bond donors (Lipinski definition) is 0. The van der Waals surface area contributed by atoms with E-state index in [1.54, 1.807) is 11.1 Å². The Morgan fingerprint density at radius 3 is 1.84 bits per heavy atom. The Labute approximate surface area is 365 Å². The third kappa shape index (κ3) is 4.81. The molecule has 1 spiro atoms. The van der Waals surface area contributed by atoms with Crippen molar-refractivity contribution in [1.82, 2.24) is 4.57 Å². The van der Waals surface area contributed by atoms with Crippen molar-refractivity contribution < 1.29 is 0 Å². The second-order valence-corrected chi connectivity index (χ2v) is 19.5. The molecule has 5 aliphatic rings. The van der Waals surface area contributed by atoms with Gasteiger partial charge in [0.2, 0.25) is 0 Å². The van der Waals surface area contributed by atoms with E-state index in [9.17, 15) is 0 Å². The van der Waals surface area contributed by atoms with Gasteiger partial charge >= 0.3 is 0 Å². The van der Waals surface area contributed by atoms with Gasteiger partial charge in [0.25, 0.3) is 0 Å². The first kappa shape index (κ1) is 36.3. The third-order valence-corrected chi connectivity index (χ3v) is 16.9. The van der Waals surface area contributed by atoms with E-state index in [-0.39, 0.29) is 5.41 Å². The molecule has 0 N–H and O–H groups in total. The van der Waals surface area contributed by atoms with Crippen LogP contribution in [0.25, 0.3) is 60.5 Å². The average Bonchev–Trinajstić information content (AvgIpc) is 3.97. The van der Waals surface area contributed by atoms with Crippen LogP contribution >= 0.6 is 0 Å². The number of anilines is 3. The van der Waals surface area contributed by atoms with E-state index in [1.165, 1.54) is 131 Å². The van der Waals surface area contributed by atoms with E-state index in [4.69, 9.17) is 0 Å². The summed E-state index contributed by atoms with van der Waals surface area (Å²) in [6.07, 6.45) is 5.54. The number of rotatable bonds is 5. The standard InChI is InChI=1S/C60H52N2/c1-35-36(2)38(4)59(39(5)37(35)3)61(48-24-20-41-12-6-7-13-43(41)32-48)49-25-26-50-53-33-44(21-27-54(53)60(56(50)34-49)46-29-40-28-45(31-46)55(60)30-40)42-18-22-47(23-19-42)62-57-16-10-8-14-51(57)52-15-9-11-17-58(52)62/h6-27,32-34,40,45-46,55H,28-31H2,1-5H3. The highest BCUT2D eigenvalue weighted by molar-refractivity contribution is 6.09. The van der Waals surface area contributed by atoms with Gasteiger partial charge in [-0.25, -0.2) is 0 Å². The fourth-order valence-electron chi connectivity index (χ4n) is 13.9. The Kier molecular flexibility index (Phi) is 7.65. The molecule has 62 heavy (non-hydrogen) atoms. The molecule has 0 saturated heterocycles. The molecule has 0 amide bonds. The summed E-state index contributed by atoms with van der Waals surface area (Å²) in [7, 11) is 0. The summed E-state index contributed by atoms with van der Waals surface area (Å²) in [5, 5.41) is 5.15. The summed E-state index contributed by atoms with van der Waals surface area (Å²) < 4.78 is 2.42. The van der Waals surface area contributed by atoms with Crippen LogP contribution in [-0.2, 0) is 5.41 Å². The van der Waals surface area contributed by atoms with E-state index in [2.05, 4.69) is 196 Å². The molecular weight excluding hydrogens is 749 g/mol. The third-order valence-electron chi connectivity index (χ3n) is 16.9. The van der Waals surface area contributed by atoms with Gasteiger partial charge in [0.1, 0.15) is 0 Å². The molecule has 0 radical (unpaired) electrons. The molecule has 2 nitrogen and oxygen atoms in total. The van der Waals surface area contributed by atoms with E-state index < -0.39 is 0 Å². The monoisotopic (exact) mass is 800 g/mol. The molecule has 4 saturated carbocycles. The van der Waals surface area contributed by atoms with Crippen molar-refractivity contribution in [3.05, 3.63) is 191 Å². The fraction of sp³-hybridized carbons (Fsp3) is 0.233. The van der Waals surface area contributed by atoms with Gasteiger partial charge in [0.05, 0.1) is 16.7 Å². The first-order valence-electron chi connectivity index (χ1n) is 23.0. The van der Waals surface area contributed by atoms with Crippen LogP contribution in [0.2, 0.25) is 0 Å². The van der Waals surface area contributed by atoms with Gasteiger partial charge in [0.15, 0.2) is 0 Å². The largest absolute Gasteiger partial charge is 0.310 e. The normalized spacial score (nSPS) is 21.8. The van der Waals surface area contributed by atoms with Crippen molar-refractivity contribution in [2.75, 3.05) is 4.90 Å². The fourth-order valence-corrected chi connectivity index (χ4v) is 13.9. The predicted octanol–water partition coefficient (Wildman–Crippen LogP) is 15.9. The summed E-state index contributed by atoms with van der Waals surface area (Å²) in [4.78, 5) is 2.61. The second kappa shape index (κ2) is 13.1. The summed E-state index contributed by atoms with van der Waals surface area (Å²) in [5.74, 6) is 3.13. The lowest BCUT2D eigenvalue weighted by molar-refractivity contribution is 0.191. The Morgan fingerprint density at radius 1 is 0.484 bits per heavy atom. The van der Waals surface area contributed by atoms with Gasteiger partial charge in [-0.2, -0.15) is 0 Å². The van der Waals surface area contributed by atoms with E-state index in [0.29, 0.717) is 11.8 Å². The summed E-state index contributed by atoms with van der Waals surface area (Å²) in [6.45, 7) is 11.6. The lowest BCUT2D eigenvalue weighted by Gasteiger charge is -2.44. The molecule has 14 rings (SSSR count). The highest BCUT2D eigenvalue weighted by atomic mass is 15.1. The molecule has 2 heteroatoms. The van der Waals surface area contributed by atoms with Crippen molar-refractivity contribution >= 4 is 49.6 Å². The molecule has 302 valence electrons. The maximum Gasteiger partial charge on any atom is 0.0541 e. The number of nitrogens with zero attached hydrogens (tertiary/aromatic N) is 2. The van der Waals surface area contributed by atoms with Crippen LogP contribution in [0.1, 0.15) is 64.6 Å². The van der Waals surface area contributed by atoms with Crippen molar-refractivity contribution in [3.63, 3.8) is 0 Å². The van der Waals surface area contributed by atoms with Crippen LogP contribution < -0.4 is 4.90 Å². The maximum atomic E-state index is 2.67. The minimum Gasteiger partial charge on any atom is -0.310 e. The van der Waals surface area contributed by atoms with Gasteiger partial charge in [0, 0.05) is 33.2 Å². The second-order valence-electron chi connectivity index (χ2n) is 19.5. The molecule has 8 aromatic carbocycles. The summed E-state index contributed by atoms with van der Waals surface area (Å²) in [6, 6.07) is 58.0. The van der Waals surface area contributed by atoms with Crippen LogP contribution in [0.3, 0.4) is 0 Å². The number of benzene rings is 8. The lowest BCUT2D eigenvalue weighted by atomic mass is 9.59. The van der Waals surface area contributed by atoms with E-state index in [1.807, 2.05) is 0 Å². The topological polar surface area (TPSA) is 8.17 Å². The van der Waals surface area contributed by atoms with Crippen molar-refractivity contribution in [2.45, 2.75) is 65.7 Å². The maximum absolute atomic E-state index is 2.67. The first-order chi connectivity index (χ1) is 30.3. The van der Waals surface area contributed by atoms with Crippen molar-refractivity contribution in [1.29, 1.82) is 0 Å². The molecular formula is C60H52N2. The zero-order valence-corrected chi connectivity index (χ0v) is 36.5. The average molecular weight is 801 g/mol. The quantitative estimate of drug-likeness (QED) is 0.168. The Bertz CT molecular complexity index is 3260. The number of fused-ring (bicyclic) bond motifs is 7. The van der Waals surface area contributed by atoms with Gasteiger partial charge < -0.3 is 9.47 Å². The molecule has 4 fully saturated rings. The minimum atomic E-state index is 0.0650. The van der Waals surface area contributed by atoms with Crippen LogP contribution in [0.4, 0.5) is 17.1 Å². The zero-order chi connectivity index (χ0) is 41.6. The zero-order valence-electron chi connectivity index (χ0n) is 36.5. The molecule has 5 aliphatic carbocycles. The highest BCUT2D eigenvalue weighted by Crippen LogP contribution is 2.73. The smallest absolute Gasteiger partial charge is 0.0541 e. The van der Waals surface area contributed by atoms with Gasteiger partial charge in [-0.15, -0.1) is 0 Å². The number of aromatic nitrogens is 1. The van der Waals surface area contributed by atoms with Crippen LogP contribution in [-0.4, -0.2) is 4.57 Å². The van der Waals surface area contributed by atoms with Crippen molar-refractivity contribution in [2.24, 2.45) is 23.7 Å². The van der Waals surface area contributed by atoms with Crippen LogP contribution in [0.5, 0.6) is 0 Å². The summed E-state index contributed by atoms with van der Waals surface area (Å²) >= 11 is 0. The van der Waals surface area contributed by atoms with Gasteiger partial charge in [-0.1, -0.05) is 97.1 Å². The van der Waals surface area contributed by atoms with Gasteiger partial charge in [-0.3, -0.25) is 0 Å². The molecule has 1 aromatic heterocycles. The number of para-hydroxylation sites is 2. The Morgan fingerprint density at radius 2 is 1.11 bits per heavy atom. The Balaban J connectivity index is 0.979. The molecule has 5 atom stereocenters. The van der Waals surface area contributed by atoms with Crippen molar-refractivity contribution in [3.8, 4) is 27.9 Å². The van der Waals surface area contributed by atoms with Crippen LogP contribution in [0.15, 0.2) is 152 Å². The van der Waals surface area contributed by atoms with E-state index >= 15 is 0 Å². The highest BCUT2D eigenvalue weighted by Gasteiger charge is 2.66. The van der Waals surface area contributed by atoms with E-state index in [0.717, 1.165) is 11.8 Å². The first-order valence-corrected chi connectivity index (χ1v) is 23.0. The molecule has 4 bridgehead atoms. The minimum absolute atomic E-state index is 0.0650. The molecule has 5 unspecified atom stereocenters. The predicted molar refractivity (Wildman–Crippen MR) is 261 cm³/mol. The number of hydrogen-bond acceptors (Lipinski definition) is 1. The molecule has 0 aliphatic heterocycles. The summed E-state index contributed by atoms with van der Waals surface area (Å²) in [5.41, 5.74) is 23.1. The Hall–Kier alpha value is -6.38. The van der Waals surface area contributed by atoms with Gasteiger partial charge in [-0.05, 0) is 211 Å². The lowest BCUT2D eigenvalue weighted by Crippen LogP contribution is -2.40. The molecule has 9 aromatic rings. The van der Waals surface area contributed by atoms with Crippen LogP contribution in [0, 0.1) is 58.3 Å². The molecule has 1 heterocycles. The SMILES string of the molecule is Cc1c(C)c(C)c(N(c2ccc3c(c2)C2(c4ccc(-c5ccc(-n6c7ccccc7c7ccccc76)cc5)cc4-3)C3CC4CC(C3)C2C4)c2ccc3ccccc3c2)c(C)c1C.